The maximum Gasteiger partial charge on any atom is 0.262 e. The van der Waals surface area contributed by atoms with Crippen molar-refractivity contribution in [2.45, 2.75) is 19.3 Å². The van der Waals surface area contributed by atoms with Gasteiger partial charge in [-0.1, -0.05) is 5.92 Å². The predicted molar refractivity (Wildman–Crippen MR) is 104 cm³/mol. The van der Waals surface area contributed by atoms with Gasteiger partial charge in [0, 0.05) is 46.2 Å². The average molecular weight is 390 g/mol. The zero-order chi connectivity index (χ0) is 20.7. The van der Waals surface area contributed by atoms with E-state index < -0.39 is 23.6 Å². The van der Waals surface area contributed by atoms with Gasteiger partial charge in [0.1, 0.15) is 0 Å². The van der Waals surface area contributed by atoms with Gasteiger partial charge in [-0.3, -0.25) is 29.0 Å². The van der Waals surface area contributed by atoms with Gasteiger partial charge in [0.2, 0.25) is 0 Å². The first-order chi connectivity index (χ1) is 14.0. The lowest BCUT2D eigenvalue weighted by molar-refractivity contribution is 0.0594. The second-order valence-electron chi connectivity index (χ2n) is 7.02. The van der Waals surface area contributed by atoms with E-state index in [9.17, 15) is 19.2 Å². The molecule has 1 N–H and O–H groups in total. The molecule has 0 saturated heterocycles. The number of carbonyl (C=O) groups excluding carboxylic acids is 4. The lowest BCUT2D eigenvalue weighted by Crippen LogP contribution is -2.43. The van der Waals surface area contributed by atoms with Crippen molar-refractivity contribution in [1.82, 2.24) is 9.80 Å². The van der Waals surface area contributed by atoms with E-state index >= 15 is 0 Å². The summed E-state index contributed by atoms with van der Waals surface area (Å²) in [6, 6.07) is 6.09. The van der Waals surface area contributed by atoms with Gasteiger partial charge < -0.3 is 5.11 Å². The first-order valence-corrected chi connectivity index (χ1v) is 9.37. The Kier molecular flexibility index (Phi) is 4.65. The summed E-state index contributed by atoms with van der Waals surface area (Å²) in [7, 11) is 0. The van der Waals surface area contributed by atoms with Crippen LogP contribution in [0.15, 0.2) is 24.3 Å². The van der Waals surface area contributed by atoms with Crippen LogP contribution in [0.2, 0.25) is 0 Å². The minimum absolute atomic E-state index is 0.0638. The predicted octanol–water partition coefficient (Wildman–Crippen LogP) is 1.83. The highest BCUT2D eigenvalue weighted by molar-refractivity contribution is 6.33. The highest BCUT2D eigenvalue weighted by atomic mass is 16.3. The molecule has 0 aromatic heterocycles. The average Bonchev–Trinajstić information content (AvgIpc) is 2.72. The van der Waals surface area contributed by atoms with Crippen LogP contribution in [0.4, 0.5) is 0 Å². The molecule has 2 aliphatic heterocycles. The van der Waals surface area contributed by atoms with Crippen LogP contribution in [0.25, 0.3) is 10.8 Å². The Labute approximate surface area is 166 Å². The molecular weight excluding hydrogens is 372 g/mol. The van der Waals surface area contributed by atoms with Crippen molar-refractivity contribution in [3.63, 3.8) is 0 Å². The second kappa shape index (κ2) is 7.15. The molecule has 7 nitrogen and oxygen atoms in total. The molecule has 29 heavy (non-hydrogen) atoms. The van der Waals surface area contributed by atoms with Gasteiger partial charge in [-0.15, -0.1) is 6.42 Å². The molecule has 146 valence electrons. The Balaban J connectivity index is 1.83. The largest absolute Gasteiger partial charge is 0.396 e. The molecule has 0 unspecified atom stereocenters. The van der Waals surface area contributed by atoms with Crippen LogP contribution in [0.3, 0.4) is 0 Å². The molecular formula is C22H18N2O5. The van der Waals surface area contributed by atoms with Crippen molar-refractivity contribution in [1.29, 1.82) is 0 Å². The highest BCUT2D eigenvalue weighted by Crippen LogP contribution is 2.37. The van der Waals surface area contributed by atoms with Gasteiger partial charge in [0.25, 0.3) is 23.6 Å². The zero-order valence-corrected chi connectivity index (χ0v) is 15.6. The fourth-order valence-electron chi connectivity index (χ4n) is 3.97. The van der Waals surface area contributed by atoms with Gasteiger partial charge in [0.05, 0.1) is 6.54 Å². The molecule has 2 aromatic rings. The van der Waals surface area contributed by atoms with Gasteiger partial charge >= 0.3 is 0 Å². The molecule has 0 atom stereocenters. The lowest BCUT2D eigenvalue weighted by Gasteiger charge is -2.31. The number of terminal acetylenes is 1. The van der Waals surface area contributed by atoms with Crippen LogP contribution in [-0.4, -0.2) is 58.2 Å². The maximum absolute atomic E-state index is 13.0. The van der Waals surface area contributed by atoms with E-state index in [1.807, 2.05) is 0 Å². The molecule has 7 heteroatoms. The Morgan fingerprint density at radius 1 is 0.724 bits per heavy atom. The van der Waals surface area contributed by atoms with Gasteiger partial charge in [-0.2, -0.15) is 0 Å². The quantitative estimate of drug-likeness (QED) is 0.461. The van der Waals surface area contributed by atoms with E-state index in [0.29, 0.717) is 41.2 Å². The monoisotopic (exact) mass is 390 g/mol. The van der Waals surface area contributed by atoms with Crippen LogP contribution in [0.1, 0.15) is 60.7 Å². The van der Waals surface area contributed by atoms with E-state index in [0.717, 1.165) is 4.90 Å². The standard InChI is InChI=1S/C22H18N2O5/c1-2-10-23-19(26)13-6-8-15-18-16(9-7-14(17(13)18)20(23)27)22(29)24(21(15)28)11-4-3-5-12-25/h1,6-9,25H,3-5,10-12H2. The Hall–Kier alpha value is -3.50. The van der Waals surface area contributed by atoms with Gasteiger partial charge in [-0.25, -0.2) is 0 Å². The molecule has 0 fully saturated rings. The first kappa shape index (κ1) is 18.8. The van der Waals surface area contributed by atoms with Crippen LogP contribution >= 0.6 is 0 Å². The summed E-state index contributed by atoms with van der Waals surface area (Å²) in [4.78, 5) is 53.7. The van der Waals surface area contributed by atoms with Crippen LogP contribution in [-0.2, 0) is 0 Å². The number of carbonyl (C=O) groups is 4. The minimum Gasteiger partial charge on any atom is -0.396 e. The SMILES string of the molecule is C#CCN1C(=O)c2ccc3c4c(ccc(c24)C1=O)C(=O)N(CCCCCO)C3=O. The van der Waals surface area contributed by atoms with Crippen molar-refractivity contribution >= 4 is 34.4 Å². The van der Waals surface area contributed by atoms with E-state index in [2.05, 4.69) is 5.92 Å². The molecule has 0 spiro atoms. The highest BCUT2D eigenvalue weighted by Gasteiger charge is 2.39. The minimum atomic E-state index is -0.532. The Morgan fingerprint density at radius 2 is 1.17 bits per heavy atom. The van der Waals surface area contributed by atoms with Crippen LogP contribution in [0.5, 0.6) is 0 Å². The first-order valence-electron chi connectivity index (χ1n) is 9.37. The third-order valence-electron chi connectivity index (χ3n) is 5.35. The fourth-order valence-corrected chi connectivity index (χ4v) is 3.97. The number of aliphatic hydroxyl groups excluding tert-OH is 1. The number of amides is 4. The molecule has 0 bridgehead atoms. The normalized spacial score (nSPS) is 15.3. The molecule has 2 heterocycles. The lowest BCUT2D eigenvalue weighted by atomic mass is 9.86. The number of hydrogen-bond acceptors (Lipinski definition) is 5. The molecule has 0 radical (unpaired) electrons. The van der Waals surface area contributed by atoms with E-state index in [1.165, 1.54) is 29.2 Å². The van der Waals surface area contributed by atoms with Gasteiger partial charge in [0.15, 0.2) is 0 Å². The Morgan fingerprint density at radius 3 is 1.59 bits per heavy atom. The Bertz CT molecular complexity index is 1060. The summed E-state index contributed by atoms with van der Waals surface area (Å²) in [5.74, 6) is 0.358. The van der Waals surface area contributed by atoms with Crippen LogP contribution in [0, 0.1) is 12.3 Å². The zero-order valence-electron chi connectivity index (χ0n) is 15.6. The fraction of sp³-hybridized carbons (Fsp3) is 0.273. The number of aliphatic hydroxyl groups is 1. The summed E-state index contributed by atoms with van der Waals surface area (Å²) < 4.78 is 0. The topological polar surface area (TPSA) is 95.0 Å². The number of benzene rings is 2. The summed E-state index contributed by atoms with van der Waals surface area (Å²) in [6.45, 7) is 0.159. The molecule has 4 amide bonds. The summed E-state index contributed by atoms with van der Waals surface area (Å²) >= 11 is 0. The van der Waals surface area contributed by atoms with Crippen molar-refractivity contribution in [3.05, 3.63) is 46.5 Å². The third-order valence-corrected chi connectivity index (χ3v) is 5.35. The van der Waals surface area contributed by atoms with Crippen molar-refractivity contribution in [2.24, 2.45) is 0 Å². The molecule has 0 saturated carbocycles. The molecule has 2 aliphatic rings. The van der Waals surface area contributed by atoms with E-state index in [-0.39, 0.29) is 30.8 Å². The summed E-state index contributed by atoms with van der Waals surface area (Å²) in [5.41, 5.74) is 1.11. The van der Waals surface area contributed by atoms with Crippen molar-refractivity contribution in [3.8, 4) is 12.3 Å². The number of hydrogen-bond donors (Lipinski definition) is 1. The molecule has 0 aliphatic carbocycles. The number of rotatable bonds is 6. The van der Waals surface area contributed by atoms with Crippen LogP contribution < -0.4 is 0 Å². The second-order valence-corrected chi connectivity index (χ2v) is 7.02. The van der Waals surface area contributed by atoms with E-state index in [4.69, 9.17) is 11.5 Å². The number of unbranched alkanes of at least 4 members (excludes halogenated alkanes) is 2. The van der Waals surface area contributed by atoms with Crippen molar-refractivity contribution in [2.75, 3.05) is 19.7 Å². The number of nitrogens with zero attached hydrogens (tertiary/aromatic N) is 2. The number of imide groups is 2. The maximum atomic E-state index is 13.0. The van der Waals surface area contributed by atoms with E-state index in [1.54, 1.807) is 0 Å². The molecule has 4 rings (SSSR count). The summed E-state index contributed by atoms with van der Waals surface area (Å²) in [5, 5.41) is 9.59. The van der Waals surface area contributed by atoms with Gasteiger partial charge in [-0.05, 0) is 43.5 Å². The smallest absolute Gasteiger partial charge is 0.262 e. The van der Waals surface area contributed by atoms with Crippen molar-refractivity contribution < 1.29 is 24.3 Å². The third kappa shape index (κ3) is 2.72. The molecule has 2 aromatic carbocycles. The summed E-state index contributed by atoms with van der Waals surface area (Å²) in [6.07, 6.45) is 7.17.